The van der Waals surface area contributed by atoms with Gasteiger partial charge in [0.15, 0.2) is 0 Å². The maximum Gasteiger partial charge on any atom is 0.220 e. The number of hydrogen-bond acceptors (Lipinski definition) is 3. The predicted octanol–water partition coefficient (Wildman–Crippen LogP) is 15.4. The van der Waals surface area contributed by atoms with Gasteiger partial charge in [0, 0.05) is 6.42 Å². The number of unbranched alkanes of at least 4 members (excludes halogenated alkanes) is 31. The summed E-state index contributed by atoms with van der Waals surface area (Å²) in [6.45, 7) is 4.26. The van der Waals surface area contributed by atoms with Gasteiger partial charge in [-0.15, -0.1) is 0 Å². The van der Waals surface area contributed by atoms with E-state index in [2.05, 4.69) is 55.6 Å². The number of carbonyl (C=O) groups excluding carboxylic acids is 1. The van der Waals surface area contributed by atoms with Crippen LogP contribution < -0.4 is 5.32 Å². The fourth-order valence-corrected chi connectivity index (χ4v) is 7.49. The van der Waals surface area contributed by atoms with Crippen LogP contribution in [0.2, 0.25) is 0 Å². The van der Waals surface area contributed by atoms with Gasteiger partial charge in [0.25, 0.3) is 0 Å². The maximum absolute atomic E-state index is 12.4. The van der Waals surface area contributed by atoms with Crippen molar-refractivity contribution in [1.82, 2.24) is 5.32 Å². The van der Waals surface area contributed by atoms with Crippen LogP contribution in [0.5, 0.6) is 0 Å². The molecule has 2 atom stereocenters. The molecule has 0 saturated carbocycles. The molecular formula is C50H95NO3. The van der Waals surface area contributed by atoms with Crippen molar-refractivity contribution >= 4 is 5.91 Å². The number of allylic oxidation sites excluding steroid dienone is 6. The largest absolute Gasteiger partial charge is 0.394 e. The molecule has 2 unspecified atom stereocenters. The Morgan fingerprint density at radius 1 is 0.463 bits per heavy atom. The van der Waals surface area contributed by atoms with E-state index in [-0.39, 0.29) is 12.5 Å². The number of nitrogens with one attached hydrogen (secondary N) is 1. The van der Waals surface area contributed by atoms with Crippen LogP contribution in [-0.2, 0) is 4.79 Å². The third-order valence-corrected chi connectivity index (χ3v) is 11.2. The summed E-state index contributed by atoms with van der Waals surface area (Å²) in [6.07, 6.45) is 61.0. The van der Waals surface area contributed by atoms with E-state index in [0.717, 1.165) is 44.9 Å². The fraction of sp³-hybridized carbons (Fsp3) is 0.860. The minimum atomic E-state index is -0.664. The third kappa shape index (κ3) is 41.8. The van der Waals surface area contributed by atoms with E-state index < -0.39 is 12.1 Å². The molecular weight excluding hydrogens is 663 g/mol. The molecule has 0 aromatic heterocycles. The highest BCUT2D eigenvalue weighted by atomic mass is 16.3. The fourth-order valence-electron chi connectivity index (χ4n) is 7.49. The van der Waals surface area contributed by atoms with Gasteiger partial charge < -0.3 is 15.5 Å². The first kappa shape index (κ1) is 52.6. The summed E-state index contributed by atoms with van der Waals surface area (Å²) in [4.78, 5) is 12.4. The molecule has 318 valence electrons. The molecule has 4 heteroatoms. The molecule has 0 aromatic rings. The number of aliphatic hydroxyl groups excluding tert-OH is 2. The Morgan fingerprint density at radius 2 is 0.815 bits per heavy atom. The molecule has 0 fully saturated rings. The Bertz CT molecular complexity index is 821. The van der Waals surface area contributed by atoms with Gasteiger partial charge in [0.05, 0.1) is 18.8 Å². The number of hydrogen-bond donors (Lipinski definition) is 3. The Balaban J connectivity index is 3.47. The first-order chi connectivity index (χ1) is 26.7. The Hall–Kier alpha value is -1.39. The maximum atomic E-state index is 12.4. The van der Waals surface area contributed by atoms with E-state index in [1.807, 2.05) is 0 Å². The average molecular weight is 758 g/mol. The summed E-state index contributed by atoms with van der Waals surface area (Å²) in [5.41, 5.74) is 0. The lowest BCUT2D eigenvalue weighted by Crippen LogP contribution is -2.45. The van der Waals surface area contributed by atoms with Gasteiger partial charge in [-0.05, 0) is 44.9 Å². The quantitative estimate of drug-likeness (QED) is 0.0428. The lowest BCUT2D eigenvalue weighted by molar-refractivity contribution is -0.123. The van der Waals surface area contributed by atoms with Gasteiger partial charge >= 0.3 is 0 Å². The number of rotatable bonds is 44. The van der Waals surface area contributed by atoms with Crippen LogP contribution in [0, 0.1) is 0 Å². The van der Waals surface area contributed by atoms with E-state index in [0.29, 0.717) is 12.8 Å². The zero-order valence-electron chi connectivity index (χ0n) is 36.5. The highest BCUT2D eigenvalue weighted by Crippen LogP contribution is 2.17. The Morgan fingerprint density at radius 3 is 1.22 bits per heavy atom. The molecule has 0 aliphatic heterocycles. The third-order valence-electron chi connectivity index (χ3n) is 11.2. The molecule has 54 heavy (non-hydrogen) atoms. The van der Waals surface area contributed by atoms with Crippen molar-refractivity contribution in [2.45, 2.75) is 270 Å². The van der Waals surface area contributed by atoms with Crippen molar-refractivity contribution in [3.63, 3.8) is 0 Å². The molecule has 0 aliphatic rings. The lowest BCUT2D eigenvalue weighted by atomic mass is 10.0. The monoisotopic (exact) mass is 758 g/mol. The molecule has 0 spiro atoms. The highest BCUT2D eigenvalue weighted by Gasteiger charge is 2.20. The van der Waals surface area contributed by atoms with Crippen molar-refractivity contribution in [1.29, 1.82) is 0 Å². The molecule has 0 radical (unpaired) electrons. The van der Waals surface area contributed by atoms with Crippen molar-refractivity contribution in [2.75, 3.05) is 6.61 Å². The normalized spacial score (nSPS) is 13.2. The van der Waals surface area contributed by atoms with Crippen LogP contribution >= 0.6 is 0 Å². The first-order valence-electron chi connectivity index (χ1n) is 24.2. The summed E-state index contributed by atoms with van der Waals surface area (Å²) in [5.74, 6) is -0.0398. The van der Waals surface area contributed by atoms with Gasteiger partial charge in [-0.3, -0.25) is 4.79 Å². The SMILES string of the molecule is CC/C=C\C/C=C\C/C=C\CCCCCCCCCC(=O)NC(CO)C(O)CCCCCCCCCCCCCCCCCCCCCCCCCCC. The summed E-state index contributed by atoms with van der Waals surface area (Å²) in [7, 11) is 0. The number of aliphatic hydroxyl groups is 2. The van der Waals surface area contributed by atoms with Gasteiger partial charge in [-0.2, -0.15) is 0 Å². The van der Waals surface area contributed by atoms with E-state index in [1.165, 1.54) is 186 Å². The predicted molar refractivity (Wildman–Crippen MR) is 239 cm³/mol. The van der Waals surface area contributed by atoms with E-state index in [9.17, 15) is 15.0 Å². The van der Waals surface area contributed by atoms with Crippen LogP contribution in [0.1, 0.15) is 258 Å². The molecule has 0 aromatic carbocycles. The number of carbonyl (C=O) groups is 1. The molecule has 1 amide bonds. The molecule has 0 aliphatic carbocycles. The Labute approximate surface area is 338 Å². The van der Waals surface area contributed by atoms with Crippen LogP contribution in [-0.4, -0.2) is 34.9 Å². The van der Waals surface area contributed by atoms with E-state index in [4.69, 9.17) is 0 Å². The second-order valence-electron chi connectivity index (χ2n) is 16.5. The molecule has 4 nitrogen and oxygen atoms in total. The lowest BCUT2D eigenvalue weighted by Gasteiger charge is -2.22. The average Bonchev–Trinajstić information content (AvgIpc) is 3.18. The van der Waals surface area contributed by atoms with Crippen molar-refractivity contribution in [3.05, 3.63) is 36.5 Å². The standard InChI is InChI=1S/C50H95NO3/c1-3-5-7-9-11-13-15-17-19-21-22-23-24-25-26-27-28-30-31-33-35-37-39-41-43-45-49(53)48(47-52)51-50(54)46-44-42-40-38-36-34-32-29-20-18-16-14-12-10-8-6-4-2/h6,8,12,14,18,20,48-49,52-53H,3-5,7,9-11,13,15-17,19,21-47H2,1-2H3,(H,51,54)/b8-6-,14-12-,20-18-. The van der Waals surface area contributed by atoms with Gasteiger partial charge in [-0.25, -0.2) is 0 Å². The van der Waals surface area contributed by atoms with Crippen LogP contribution in [0.4, 0.5) is 0 Å². The topological polar surface area (TPSA) is 69.6 Å². The smallest absolute Gasteiger partial charge is 0.220 e. The van der Waals surface area contributed by atoms with E-state index in [1.54, 1.807) is 0 Å². The van der Waals surface area contributed by atoms with Crippen molar-refractivity contribution in [3.8, 4) is 0 Å². The summed E-state index contributed by atoms with van der Waals surface area (Å²) in [6, 6.07) is -0.542. The van der Waals surface area contributed by atoms with E-state index >= 15 is 0 Å². The highest BCUT2D eigenvalue weighted by molar-refractivity contribution is 5.76. The van der Waals surface area contributed by atoms with Gasteiger partial charge in [-0.1, -0.05) is 243 Å². The summed E-state index contributed by atoms with van der Waals surface area (Å²) >= 11 is 0. The second-order valence-corrected chi connectivity index (χ2v) is 16.5. The van der Waals surface area contributed by atoms with Crippen molar-refractivity contribution < 1.29 is 15.0 Å². The Kier molecular flexibility index (Phi) is 44.8. The van der Waals surface area contributed by atoms with Crippen molar-refractivity contribution in [2.24, 2.45) is 0 Å². The summed E-state index contributed by atoms with van der Waals surface area (Å²) < 4.78 is 0. The number of amides is 1. The molecule has 0 saturated heterocycles. The first-order valence-corrected chi connectivity index (χ1v) is 24.2. The van der Waals surface area contributed by atoms with Crippen LogP contribution in [0.15, 0.2) is 36.5 Å². The second kappa shape index (κ2) is 46.0. The molecule has 0 heterocycles. The van der Waals surface area contributed by atoms with Crippen LogP contribution in [0.25, 0.3) is 0 Å². The van der Waals surface area contributed by atoms with Gasteiger partial charge in [0.2, 0.25) is 5.91 Å². The zero-order valence-corrected chi connectivity index (χ0v) is 36.5. The minimum Gasteiger partial charge on any atom is -0.394 e. The molecule has 0 bridgehead atoms. The summed E-state index contributed by atoms with van der Waals surface area (Å²) in [5, 5.41) is 23.2. The molecule has 0 rings (SSSR count). The van der Waals surface area contributed by atoms with Gasteiger partial charge in [0.1, 0.15) is 0 Å². The van der Waals surface area contributed by atoms with Crippen LogP contribution in [0.3, 0.4) is 0 Å². The molecule has 3 N–H and O–H groups in total. The minimum absolute atomic E-state index is 0.0398. The zero-order chi connectivity index (χ0) is 39.3.